The van der Waals surface area contributed by atoms with Crippen molar-refractivity contribution in [3.63, 3.8) is 0 Å². The molecule has 0 atom stereocenters. The molecule has 3 heterocycles. The summed E-state index contributed by atoms with van der Waals surface area (Å²) >= 11 is 0. The molecule has 0 unspecified atom stereocenters. The summed E-state index contributed by atoms with van der Waals surface area (Å²) in [6, 6.07) is 0. The number of rotatable bonds is 6. The minimum atomic E-state index is -0.458. The third kappa shape index (κ3) is 4.57. The number of morpholine rings is 1. The van der Waals surface area contributed by atoms with Gasteiger partial charge in [-0.3, -0.25) is 23.6 Å². The molecule has 1 aliphatic heterocycles. The van der Waals surface area contributed by atoms with Gasteiger partial charge in [0.1, 0.15) is 6.54 Å². The van der Waals surface area contributed by atoms with Gasteiger partial charge in [0.25, 0.3) is 5.56 Å². The monoisotopic (exact) mass is 400 g/mol. The van der Waals surface area contributed by atoms with Crippen LogP contribution >= 0.6 is 12.4 Å². The molecule has 1 N–H and O–H groups in total. The lowest BCUT2D eigenvalue weighted by Gasteiger charge is -2.26. The number of nitrogens with one attached hydrogen (secondary N) is 1. The van der Waals surface area contributed by atoms with Crippen molar-refractivity contribution in [3.8, 4) is 0 Å². The zero-order valence-corrected chi connectivity index (χ0v) is 16.3. The number of aryl methyl sites for hydroxylation is 1. The molecule has 0 bridgehead atoms. The lowest BCUT2D eigenvalue weighted by atomic mass is 10.3. The van der Waals surface area contributed by atoms with Crippen molar-refractivity contribution < 1.29 is 9.53 Å². The van der Waals surface area contributed by atoms with Crippen molar-refractivity contribution in [3.05, 3.63) is 27.2 Å². The third-order valence-electron chi connectivity index (χ3n) is 4.61. The van der Waals surface area contributed by atoms with Crippen molar-refractivity contribution >= 4 is 29.5 Å². The van der Waals surface area contributed by atoms with E-state index in [1.54, 1.807) is 7.05 Å². The van der Waals surface area contributed by atoms with Crippen LogP contribution in [0.15, 0.2) is 15.9 Å². The van der Waals surface area contributed by atoms with E-state index < -0.39 is 11.2 Å². The van der Waals surface area contributed by atoms with Gasteiger partial charge in [-0.15, -0.1) is 12.4 Å². The molecule has 3 rings (SSSR count). The molecule has 0 aromatic carbocycles. The fraction of sp³-hybridized carbons (Fsp3) is 0.625. The van der Waals surface area contributed by atoms with Gasteiger partial charge in [-0.1, -0.05) is 0 Å². The fourth-order valence-corrected chi connectivity index (χ4v) is 3.08. The second-order valence-electron chi connectivity index (χ2n) is 6.41. The van der Waals surface area contributed by atoms with E-state index in [9.17, 15) is 14.4 Å². The molecular weight excluding hydrogens is 376 g/mol. The van der Waals surface area contributed by atoms with Crippen LogP contribution in [0.3, 0.4) is 0 Å². The van der Waals surface area contributed by atoms with Gasteiger partial charge in [-0.05, 0) is 13.0 Å². The summed E-state index contributed by atoms with van der Waals surface area (Å²) in [5.41, 5.74) is -0.377. The van der Waals surface area contributed by atoms with Crippen molar-refractivity contribution in [1.29, 1.82) is 0 Å². The van der Waals surface area contributed by atoms with Gasteiger partial charge < -0.3 is 14.6 Å². The highest BCUT2D eigenvalue weighted by Crippen LogP contribution is 2.05. The number of amides is 1. The molecule has 0 aliphatic carbocycles. The summed E-state index contributed by atoms with van der Waals surface area (Å²) < 4.78 is 9.10. The molecule has 150 valence electrons. The summed E-state index contributed by atoms with van der Waals surface area (Å²) in [6.45, 7) is 4.85. The Bertz CT molecular complexity index is 912. The van der Waals surface area contributed by atoms with Crippen LogP contribution in [0.4, 0.5) is 0 Å². The number of fused-ring (bicyclic) bond motifs is 1. The number of nitrogens with zero attached hydrogens (tertiary/aromatic N) is 5. The minimum Gasteiger partial charge on any atom is -0.379 e. The van der Waals surface area contributed by atoms with E-state index in [4.69, 9.17) is 4.74 Å². The maximum atomic E-state index is 12.3. The van der Waals surface area contributed by atoms with Gasteiger partial charge in [-0.25, -0.2) is 9.78 Å². The van der Waals surface area contributed by atoms with Crippen molar-refractivity contribution in [1.82, 2.24) is 28.9 Å². The van der Waals surface area contributed by atoms with E-state index in [-0.39, 0.29) is 36.0 Å². The normalized spacial score (nSPS) is 14.9. The SMILES string of the molecule is Cl.Cn1c(=O)c2c(ncn2CC(=O)NCCCN2CCOCC2)n(C)c1=O. The van der Waals surface area contributed by atoms with Crippen LogP contribution in [-0.2, 0) is 30.2 Å². The smallest absolute Gasteiger partial charge is 0.332 e. The Kier molecular flexibility index (Phi) is 7.17. The van der Waals surface area contributed by atoms with E-state index in [1.165, 1.54) is 22.5 Å². The van der Waals surface area contributed by atoms with Crippen molar-refractivity contribution in [2.45, 2.75) is 13.0 Å². The van der Waals surface area contributed by atoms with E-state index in [0.29, 0.717) is 6.54 Å². The predicted octanol–water partition coefficient (Wildman–Crippen LogP) is -1.31. The number of imidazole rings is 1. The zero-order chi connectivity index (χ0) is 18.7. The number of hydrogen-bond acceptors (Lipinski definition) is 6. The fourth-order valence-electron chi connectivity index (χ4n) is 3.08. The van der Waals surface area contributed by atoms with Gasteiger partial charge in [0.15, 0.2) is 11.2 Å². The molecule has 1 amide bonds. The molecule has 1 fully saturated rings. The maximum Gasteiger partial charge on any atom is 0.332 e. The summed E-state index contributed by atoms with van der Waals surface area (Å²) in [5.74, 6) is -0.192. The Labute approximate surface area is 162 Å². The molecule has 2 aromatic heterocycles. The quantitative estimate of drug-likeness (QED) is 0.604. The first kappa shape index (κ1) is 21.1. The maximum absolute atomic E-state index is 12.3. The predicted molar refractivity (Wildman–Crippen MR) is 102 cm³/mol. The Balaban J connectivity index is 0.00000261. The number of hydrogen-bond donors (Lipinski definition) is 1. The van der Waals surface area contributed by atoms with Crippen LogP contribution in [0.25, 0.3) is 11.2 Å². The van der Waals surface area contributed by atoms with Gasteiger partial charge in [0, 0.05) is 33.7 Å². The van der Waals surface area contributed by atoms with E-state index in [1.807, 2.05) is 0 Å². The molecule has 0 saturated carbocycles. The van der Waals surface area contributed by atoms with Crippen molar-refractivity contribution in [2.24, 2.45) is 14.1 Å². The highest BCUT2D eigenvalue weighted by molar-refractivity contribution is 5.85. The topological polar surface area (TPSA) is 103 Å². The van der Waals surface area contributed by atoms with Crippen LogP contribution in [0, 0.1) is 0 Å². The first-order valence-electron chi connectivity index (χ1n) is 8.66. The second kappa shape index (κ2) is 9.16. The minimum absolute atomic E-state index is 0. The summed E-state index contributed by atoms with van der Waals surface area (Å²) in [4.78, 5) is 42.9. The van der Waals surface area contributed by atoms with E-state index in [0.717, 1.165) is 43.8 Å². The first-order valence-corrected chi connectivity index (χ1v) is 8.66. The van der Waals surface area contributed by atoms with Crippen LogP contribution < -0.4 is 16.6 Å². The molecule has 27 heavy (non-hydrogen) atoms. The molecule has 0 radical (unpaired) electrons. The van der Waals surface area contributed by atoms with Crippen LogP contribution in [0.2, 0.25) is 0 Å². The highest BCUT2D eigenvalue weighted by Gasteiger charge is 2.16. The van der Waals surface area contributed by atoms with Crippen LogP contribution in [0.5, 0.6) is 0 Å². The second-order valence-corrected chi connectivity index (χ2v) is 6.41. The zero-order valence-electron chi connectivity index (χ0n) is 15.5. The molecule has 1 aliphatic rings. The Morgan fingerprint density at radius 1 is 1.22 bits per heavy atom. The first-order chi connectivity index (χ1) is 12.5. The number of ether oxygens (including phenoxy) is 1. The lowest BCUT2D eigenvalue weighted by Crippen LogP contribution is -2.39. The third-order valence-corrected chi connectivity index (χ3v) is 4.61. The highest BCUT2D eigenvalue weighted by atomic mass is 35.5. The Hall–Kier alpha value is -2.17. The average Bonchev–Trinajstić information content (AvgIpc) is 3.06. The molecule has 2 aromatic rings. The van der Waals surface area contributed by atoms with Crippen LogP contribution in [-0.4, -0.2) is 68.9 Å². The summed E-state index contributed by atoms with van der Waals surface area (Å²) in [7, 11) is 2.96. The van der Waals surface area contributed by atoms with Gasteiger partial charge in [-0.2, -0.15) is 0 Å². The number of aromatic nitrogens is 4. The number of carbonyl (C=O) groups excluding carboxylic acids is 1. The van der Waals surface area contributed by atoms with Gasteiger partial charge in [0.05, 0.1) is 19.5 Å². The van der Waals surface area contributed by atoms with E-state index >= 15 is 0 Å². The largest absolute Gasteiger partial charge is 0.379 e. The van der Waals surface area contributed by atoms with Gasteiger partial charge >= 0.3 is 5.69 Å². The van der Waals surface area contributed by atoms with Crippen molar-refractivity contribution in [2.75, 3.05) is 39.4 Å². The van der Waals surface area contributed by atoms with E-state index in [2.05, 4.69) is 15.2 Å². The lowest BCUT2D eigenvalue weighted by molar-refractivity contribution is -0.121. The molecule has 1 saturated heterocycles. The molecular formula is C16H25ClN6O4. The molecule has 10 nitrogen and oxygen atoms in total. The number of carbonyl (C=O) groups is 1. The Morgan fingerprint density at radius 2 is 1.93 bits per heavy atom. The number of halogens is 1. The summed E-state index contributed by atoms with van der Waals surface area (Å²) in [5, 5.41) is 2.86. The summed E-state index contributed by atoms with van der Waals surface area (Å²) in [6.07, 6.45) is 2.27. The van der Waals surface area contributed by atoms with Crippen LogP contribution in [0.1, 0.15) is 6.42 Å². The molecule has 0 spiro atoms. The average molecular weight is 401 g/mol. The van der Waals surface area contributed by atoms with Gasteiger partial charge in [0.2, 0.25) is 5.91 Å². The molecule has 11 heteroatoms. The standard InChI is InChI=1S/C16H24N6O4.ClH/c1-19-14-13(15(24)20(2)16(19)25)22(11-18-14)10-12(23)17-4-3-5-21-6-8-26-9-7-21;/h11H,3-10H2,1-2H3,(H,17,23);1H. The Morgan fingerprint density at radius 3 is 2.63 bits per heavy atom.